The normalized spacial score (nSPS) is 40.6. The maximum Gasteiger partial charge on any atom is 0.0558 e. The van der Waals surface area contributed by atoms with E-state index in [0.717, 1.165) is 32.2 Å². The zero-order valence-corrected chi connectivity index (χ0v) is 13.4. The summed E-state index contributed by atoms with van der Waals surface area (Å²) in [5, 5.41) is 18.8. The van der Waals surface area contributed by atoms with Crippen LogP contribution in [0.5, 0.6) is 0 Å². The molecule has 0 saturated carbocycles. The minimum absolute atomic E-state index is 0.117. The first-order chi connectivity index (χ1) is 8.89. The molecule has 0 bridgehead atoms. The highest BCUT2D eigenvalue weighted by molar-refractivity contribution is 5.06. The molecule has 1 heterocycles. The van der Waals surface area contributed by atoms with Gasteiger partial charge < -0.3 is 10.2 Å². The number of likely N-dealkylation sites (tertiary alicyclic amines) is 1. The van der Waals surface area contributed by atoms with Gasteiger partial charge >= 0.3 is 0 Å². The molecule has 1 aliphatic heterocycles. The monoisotopic (exact) mass is 271 g/mol. The minimum Gasteiger partial charge on any atom is -0.396 e. The number of aliphatic hydroxyl groups excluding tert-OH is 2. The molecule has 0 aliphatic carbocycles. The van der Waals surface area contributed by atoms with Gasteiger partial charge in [0.2, 0.25) is 0 Å². The van der Waals surface area contributed by atoms with E-state index < -0.39 is 0 Å². The van der Waals surface area contributed by atoms with Gasteiger partial charge in [0.25, 0.3) is 0 Å². The van der Waals surface area contributed by atoms with Crippen molar-refractivity contribution in [1.82, 2.24) is 4.90 Å². The van der Waals surface area contributed by atoms with Gasteiger partial charge in [0.1, 0.15) is 0 Å². The maximum atomic E-state index is 9.45. The van der Waals surface area contributed by atoms with Gasteiger partial charge in [-0.25, -0.2) is 0 Å². The molecule has 1 fully saturated rings. The molecule has 0 spiro atoms. The minimum atomic E-state index is 0.117. The van der Waals surface area contributed by atoms with Crippen LogP contribution in [0.1, 0.15) is 60.3 Å². The Balaban J connectivity index is 3.12. The van der Waals surface area contributed by atoms with Crippen molar-refractivity contribution >= 4 is 0 Å². The van der Waals surface area contributed by atoms with Crippen LogP contribution in [-0.2, 0) is 0 Å². The lowest BCUT2D eigenvalue weighted by Gasteiger charge is -2.61. The summed E-state index contributed by atoms with van der Waals surface area (Å²) in [4.78, 5) is 2.54. The number of rotatable bonds is 6. The van der Waals surface area contributed by atoms with E-state index in [0.29, 0.717) is 11.8 Å². The average molecular weight is 271 g/mol. The predicted molar refractivity (Wildman–Crippen MR) is 80.2 cm³/mol. The highest BCUT2D eigenvalue weighted by Crippen LogP contribution is 2.48. The molecule has 114 valence electrons. The Kier molecular flexibility index (Phi) is 5.84. The van der Waals surface area contributed by atoms with Crippen molar-refractivity contribution in [2.24, 2.45) is 11.8 Å². The van der Waals surface area contributed by atoms with Gasteiger partial charge in [0, 0.05) is 24.2 Å². The van der Waals surface area contributed by atoms with Crippen molar-refractivity contribution in [3.05, 3.63) is 0 Å². The topological polar surface area (TPSA) is 43.7 Å². The summed E-state index contributed by atoms with van der Waals surface area (Å²) in [5.74, 6) is 1.13. The van der Waals surface area contributed by atoms with Crippen molar-refractivity contribution in [2.45, 2.75) is 71.4 Å². The van der Waals surface area contributed by atoms with Gasteiger partial charge in [-0.2, -0.15) is 0 Å². The third kappa shape index (κ3) is 2.98. The van der Waals surface area contributed by atoms with Crippen molar-refractivity contribution in [2.75, 3.05) is 19.8 Å². The molecule has 0 amide bonds. The van der Waals surface area contributed by atoms with Crippen LogP contribution in [0.25, 0.3) is 0 Å². The molecule has 0 aromatic heterocycles. The van der Waals surface area contributed by atoms with Crippen LogP contribution >= 0.6 is 0 Å². The second-order valence-electron chi connectivity index (χ2n) is 6.70. The Morgan fingerprint density at radius 1 is 1.11 bits per heavy atom. The summed E-state index contributed by atoms with van der Waals surface area (Å²) >= 11 is 0. The summed E-state index contributed by atoms with van der Waals surface area (Å²) in [5.41, 5.74) is 0.255. The fourth-order valence-corrected chi connectivity index (χ4v) is 4.21. The van der Waals surface area contributed by atoms with Crippen LogP contribution < -0.4 is 0 Å². The summed E-state index contributed by atoms with van der Waals surface area (Å²) in [7, 11) is 0. The van der Waals surface area contributed by atoms with Crippen molar-refractivity contribution in [3.63, 3.8) is 0 Å². The molecule has 4 unspecified atom stereocenters. The number of aliphatic hydroxyl groups is 2. The SMILES string of the molecule is CCC1(C)CC(CCO)C(C)C(C)(CC)N1CCO. The summed E-state index contributed by atoms with van der Waals surface area (Å²) in [6, 6.07) is 0. The standard InChI is InChI=1S/C16H33NO2/c1-6-15(4)12-14(8-10-18)13(3)16(5,7-2)17(15)9-11-19/h13-14,18-19H,6-12H2,1-5H3. The third-order valence-electron chi connectivity index (χ3n) is 5.96. The molecule has 0 radical (unpaired) electrons. The van der Waals surface area contributed by atoms with E-state index in [2.05, 4.69) is 39.5 Å². The smallest absolute Gasteiger partial charge is 0.0558 e. The molecule has 3 heteroatoms. The maximum absolute atomic E-state index is 9.45. The molecule has 0 aromatic rings. The second-order valence-corrected chi connectivity index (χ2v) is 6.70. The average Bonchev–Trinajstić information content (AvgIpc) is 2.41. The van der Waals surface area contributed by atoms with E-state index in [9.17, 15) is 10.2 Å². The second kappa shape index (κ2) is 6.55. The number of hydrogen-bond donors (Lipinski definition) is 2. The number of β-amino-alcohol motifs (C(OH)–C–C–N with tert-alkyl or cyclic N) is 1. The lowest BCUT2D eigenvalue weighted by molar-refractivity contribution is -0.118. The van der Waals surface area contributed by atoms with Gasteiger partial charge in [0.05, 0.1) is 6.61 Å². The largest absolute Gasteiger partial charge is 0.396 e. The van der Waals surface area contributed by atoms with Gasteiger partial charge in [-0.05, 0) is 51.4 Å². The molecule has 19 heavy (non-hydrogen) atoms. The zero-order valence-electron chi connectivity index (χ0n) is 13.4. The number of piperidine rings is 1. The van der Waals surface area contributed by atoms with Crippen LogP contribution in [0.3, 0.4) is 0 Å². The highest BCUT2D eigenvalue weighted by Gasteiger charge is 2.51. The molecular weight excluding hydrogens is 238 g/mol. The van der Waals surface area contributed by atoms with E-state index in [1.165, 1.54) is 0 Å². The first-order valence-corrected chi connectivity index (χ1v) is 7.89. The first kappa shape index (κ1) is 16.9. The van der Waals surface area contributed by atoms with Crippen molar-refractivity contribution in [1.29, 1.82) is 0 Å². The Labute approximate surface area is 119 Å². The highest BCUT2D eigenvalue weighted by atomic mass is 16.3. The molecule has 3 nitrogen and oxygen atoms in total. The molecule has 1 saturated heterocycles. The van der Waals surface area contributed by atoms with Crippen molar-refractivity contribution in [3.8, 4) is 0 Å². The lowest BCUT2D eigenvalue weighted by atomic mass is 9.63. The first-order valence-electron chi connectivity index (χ1n) is 7.89. The Hall–Kier alpha value is -0.120. The molecule has 1 aliphatic rings. The van der Waals surface area contributed by atoms with E-state index in [4.69, 9.17) is 0 Å². The van der Waals surface area contributed by atoms with E-state index in [1.807, 2.05) is 0 Å². The molecule has 1 rings (SSSR count). The molecule has 0 aromatic carbocycles. The summed E-state index contributed by atoms with van der Waals surface area (Å²) in [6.45, 7) is 12.7. The van der Waals surface area contributed by atoms with Crippen LogP contribution in [-0.4, -0.2) is 45.9 Å². The van der Waals surface area contributed by atoms with Gasteiger partial charge in [-0.3, -0.25) is 4.90 Å². The van der Waals surface area contributed by atoms with Crippen molar-refractivity contribution < 1.29 is 10.2 Å². The number of hydrogen-bond acceptors (Lipinski definition) is 3. The van der Waals surface area contributed by atoms with E-state index in [-0.39, 0.29) is 24.3 Å². The number of nitrogens with zero attached hydrogens (tertiary/aromatic N) is 1. The van der Waals surface area contributed by atoms with Crippen LogP contribution in [0.2, 0.25) is 0 Å². The Bertz CT molecular complexity index is 284. The van der Waals surface area contributed by atoms with E-state index >= 15 is 0 Å². The Morgan fingerprint density at radius 2 is 1.74 bits per heavy atom. The predicted octanol–water partition coefficient (Wildman–Crippen LogP) is 2.66. The molecular formula is C16H33NO2. The quantitative estimate of drug-likeness (QED) is 0.780. The fourth-order valence-electron chi connectivity index (χ4n) is 4.21. The van der Waals surface area contributed by atoms with Crippen LogP contribution in [0, 0.1) is 11.8 Å². The molecule has 2 N–H and O–H groups in total. The van der Waals surface area contributed by atoms with Crippen LogP contribution in [0.4, 0.5) is 0 Å². The van der Waals surface area contributed by atoms with E-state index in [1.54, 1.807) is 0 Å². The van der Waals surface area contributed by atoms with Gasteiger partial charge in [-0.1, -0.05) is 20.8 Å². The lowest BCUT2D eigenvalue weighted by Crippen LogP contribution is -2.66. The summed E-state index contributed by atoms with van der Waals surface area (Å²) < 4.78 is 0. The van der Waals surface area contributed by atoms with Gasteiger partial charge in [-0.15, -0.1) is 0 Å². The Morgan fingerprint density at radius 3 is 2.16 bits per heavy atom. The fraction of sp³-hybridized carbons (Fsp3) is 1.00. The zero-order chi connectivity index (χ0) is 14.7. The third-order valence-corrected chi connectivity index (χ3v) is 5.96. The van der Waals surface area contributed by atoms with Crippen LogP contribution in [0.15, 0.2) is 0 Å². The summed E-state index contributed by atoms with van der Waals surface area (Å²) in [6.07, 6.45) is 4.21. The van der Waals surface area contributed by atoms with Gasteiger partial charge in [0.15, 0.2) is 0 Å². The molecule has 4 atom stereocenters.